The number of H-pyrrole nitrogens is 1. The van der Waals surface area contributed by atoms with Crippen LogP contribution >= 0.6 is 0 Å². The second kappa shape index (κ2) is 5.90. The van der Waals surface area contributed by atoms with Crippen LogP contribution in [0.4, 0.5) is 5.82 Å². The van der Waals surface area contributed by atoms with Gasteiger partial charge in [0.15, 0.2) is 5.82 Å². The molecule has 2 heterocycles. The second-order valence-corrected chi connectivity index (χ2v) is 4.92. The molecule has 0 aromatic carbocycles. The van der Waals surface area contributed by atoms with Gasteiger partial charge in [0, 0.05) is 29.4 Å². The summed E-state index contributed by atoms with van der Waals surface area (Å²) in [5, 5.41) is 5.66. The molecule has 0 fully saturated rings. The van der Waals surface area contributed by atoms with Crippen LogP contribution in [0.2, 0.25) is 0 Å². The monoisotopic (exact) mass is 289 g/mol. The highest BCUT2D eigenvalue weighted by Crippen LogP contribution is 2.06. The van der Waals surface area contributed by atoms with Gasteiger partial charge in [-0.3, -0.25) is 14.7 Å². The van der Waals surface area contributed by atoms with Crippen molar-refractivity contribution in [3.8, 4) is 0 Å². The molecule has 0 spiro atoms. The van der Waals surface area contributed by atoms with Crippen molar-refractivity contribution in [2.24, 2.45) is 0 Å². The number of anilines is 1. The predicted octanol–water partition coefficient (Wildman–Crippen LogP) is 0.732. The third-order valence-electron chi connectivity index (χ3n) is 3.26. The van der Waals surface area contributed by atoms with Gasteiger partial charge in [0.25, 0.3) is 11.1 Å². The Hall–Kier alpha value is -2.44. The number of aryl methyl sites for hydroxylation is 1. The molecule has 112 valence electrons. The number of rotatable bonds is 4. The minimum Gasteiger partial charge on any atom is -0.370 e. The van der Waals surface area contributed by atoms with Gasteiger partial charge in [-0.15, -0.1) is 0 Å². The fraction of sp³-hybridized carbons (Fsp3) is 0.429. The van der Waals surface area contributed by atoms with Gasteiger partial charge in [0.1, 0.15) is 12.4 Å². The van der Waals surface area contributed by atoms with Crippen molar-refractivity contribution in [3.63, 3.8) is 0 Å². The largest absolute Gasteiger partial charge is 0.370 e. The lowest BCUT2D eigenvalue weighted by molar-refractivity contribution is 0.595. The summed E-state index contributed by atoms with van der Waals surface area (Å²) in [5.41, 5.74) is 1.18. The summed E-state index contributed by atoms with van der Waals surface area (Å²) in [6, 6.07) is 1.83. The summed E-state index contributed by atoms with van der Waals surface area (Å²) in [4.78, 5) is 32.6. The van der Waals surface area contributed by atoms with Gasteiger partial charge in [-0.2, -0.15) is 0 Å². The molecule has 0 bridgehead atoms. The zero-order valence-electron chi connectivity index (χ0n) is 12.6. The van der Waals surface area contributed by atoms with Crippen LogP contribution in [0.25, 0.3) is 0 Å². The first-order valence-corrected chi connectivity index (χ1v) is 6.81. The molecular formula is C14H19N5O2. The van der Waals surface area contributed by atoms with Crippen molar-refractivity contribution in [2.45, 2.75) is 34.2 Å². The van der Waals surface area contributed by atoms with Gasteiger partial charge in [-0.1, -0.05) is 0 Å². The molecule has 2 aromatic heterocycles. The molecule has 0 aliphatic carbocycles. The Balaban J connectivity index is 2.43. The Kier molecular flexibility index (Phi) is 4.21. The zero-order valence-corrected chi connectivity index (χ0v) is 12.6. The van der Waals surface area contributed by atoms with Gasteiger partial charge >= 0.3 is 0 Å². The lowest BCUT2D eigenvalue weighted by Gasteiger charge is -2.09. The van der Waals surface area contributed by atoms with E-state index in [1.165, 1.54) is 4.68 Å². The number of nitrogens with zero attached hydrogens (tertiary/aromatic N) is 3. The van der Waals surface area contributed by atoms with E-state index in [-0.39, 0.29) is 17.7 Å². The first-order chi connectivity index (χ1) is 9.92. The molecule has 2 N–H and O–H groups in total. The summed E-state index contributed by atoms with van der Waals surface area (Å²) >= 11 is 0. The molecule has 0 saturated carbocycles. The van der Waals surface area contributed by atoms with E-state index in [2.05, 4.69) is 20.4 Å². The van der Waals surface area contributed by atoms with E-state index in [0.29, 0.717) is 22.8 Å². The average molecular weight is 289 g/mol. The molecule has 0 aliphatic rings. The Morgan fingerprint density at radius 1 is 1.19 bits per heavy atom. The van der Waals surface area contributed by atoms with Crippen molar-refractivity contribution >= 4 is 5.82 Å². The fourth-order valence-corrected chi connectivity index (χ4v) is 2.02. The maximum Gasteiger partial charge on any atom is 0.268 e. The minimum atomic E-state index is -0.272. The van der Waals surface area contributed by atoms with E-state index < -0.39 is 0 Å². The SMILES string of the molecule is CCNc1cc(C)nc(Cn2[nH]c(=O)c(C)c(C)c2=O)n1. The first-order valence-electron chi connectivity index (χ1n) is 6.81. The van der Waals surface area contributed by atoms with Crippen LogP contribution in [-0.4, -0.2) is 26.3 Å². The van der Waals surface area contributed by atoms with Crippen LogP contribution in [0.5, 0.6) is 0 Å². The lowest BCUT2D eigenvalue weighted by Crippen LogP contribution is -2.34. The number of aromatic amines is 1. The van der Waals surface area contributed by atoms with E-state index in [1.807, 2.05) is 19.9 Å². The van der Waals surface area contributed by atoms with Crippen LogP contribution < -0.4 is 16.4 Å². The molecule has 0 radical (unpaired) electrons. The Bertz CT molecular complexity index is 776. The Morgan fingerprint density at radius 2 is 1.90 bits per heavy atom. The van der Waals surface area contributed by atoms with Crippen molar-refractivity contribution in [1.29, 1.82) is 0 Å². The molecule has 7 heteroatoms. The third kappa shape index (κ3) is 3.18. The van der Waals surface area contributed by atoms with E-state index in [4.69, 9.17) is 0 Å². The number of nitrogens with one attached hydrogen (secondary N) is 2. The van der Waals surface area contributed by atoms with Crippen molar-refractivity contribution < 1.29 is 0 Å². The minimum absolute atomic E-state index is 0.134. The first kappa shape index (κ1) is 15.0. The summed E-state index contributed by atoms with van der Waals surface area (Å²) in [6.45, 7) is 7.99. The van der Waals surface area contributed by atoms with Crippen molar-refractivity contribution in [3.05, 3.63) is 49.4 Å². The summed E-state index contributed by atoms with van der Waals surface area (Å²) < 4.78 is 1.25. The maximum atomic E-state index is 12.2. The zero-order chi connectivity index (χ0) is 15.6. The maximum absolute atomic E-state index is 12.2. The van der Waals surface area contributed by atoms with Crippen LogP contribution in [0, 0.1) is 20.8 Å². The molecular weight excluding hydrogens is 270 g/mol. The van der Waals surface area contributed by atoms with Gasteiger partial charge in [-0.25, -0.2) is 14.6 Å². The highest BCUT2D eigenvalue weighted by Gasteiger charge is 2.09. The smallest absolute Gasteiger partial charge is 0.268 e. The fourth-order valence-electron chi connectivity index (χ4n) is 2.02. The number of hydrogen-bond acceptors (Lipinski definition) is 5. The van der Waals surface area contributed by atoms with Gasteiger partial charge < -0.3 is 5.32 Å². The molecule has 2 aromatic rings. The van der Waals surface area contributed by atoms with E-state index in [0.717, 1.165) is 12.2 Å². The molecule has 0 amide bonds. The highest BCUT2D eigenvalue weighted by molar-refractivity contribution is 5.35. The normalized spacial score (nSPS) is 10.7. The molecule has 0 atom stereocenters. The van der Waals surface area contributed by atoms with Crippen LogP contribution in [0.1, 0.15) is 29.6 Å². The molecule has 0 saturated heterocycles. The summed E-state index contributed by atoms with van der Waals surface area (Å²) in [7, 11) is 0. The van der Waals surface area contributed by atoms with Crippen molar-refractivity contribution in [1.82, 2.24) is 19.7 Å². The summed E-state index contributed by atoms with van der Waals surface area (Å²) in [6.07, 6.45) is 0. The lowest BCUT2D eigenvalue weighted by atomic mass is 10.2. The van der Waals surface area contributed by atoms with Crippen LogP contribution in [0.15, 0.2) is 15.7 Å². The van der Waals surface area contributed by atoms with E-state index >= 15 is 0 Å². The van der Waals surface area contributed by atoms with E-state index in [1.54, 1.807) is 13.8 Å². The highest BCUT2D eigenvalue weighted by atomic mass is 16.2. The Morgan fingerprint density at radius 3 is 2.57 bits per heavy atom. The molecule has 7 nitrogen and oxygen atoms in total. The average Bonchev–Trinajstić information content (AvgIpc) is 2.42. The molecule has 0 unspecified atom stereocenters. The topological polar surface area (TPSA) is 92.7 Å². The number of hydrogen-bond donors (Lipinski definition) is 2. The van der Waals surface area contributed by atoms with Gasteiger partial charge in [-0.05, 0) is 27.7 Å². The van der Waals surface area contributed by atoms with Gasteiger partial charge in [0.2, 0.25) is 0 Å². The second-order valence-electron chi connectivity index (χ2n) is 4.92. The van der Waals surface area contributed by atoms with Crippen LogP contribution in [0.3, 0.4) is 0 Å². The van der Waals surface area contributed by atoms with E-state index in [9.17, 15) is 9.59 Å². The third-order valence-corrected chi connectivity index (χ3v) is 3.26. The molecule has 0 aliphatic heterocycles. The molecule has 2 rings (SSSR count). The molecule has 21 heavy (non-hydrogen) atoms. The quantitative estimate of drug-likeness (QED) is 0.865. The summed E-state index contributed by atoms with van der Waals surface area (Å²) in [5.74, 6) is 1.19. The Labute approximate surface area is 122 Å². The van der Waals surface area contributed by atoms with Crippen molar-refractivity contribution in [2.75, 3.05) is 11.9 Å². The van der Waals surface area contributed by atoms with Crippen LogP contribution in [-0.2, 0) is 6.54 Å². The van der Waals surface area contributed by atoms with Gasteiger partial charge in [0.05, 0.1) is 0 Å². The number of aromatic nitrogens is 4. The predicted molar refractivity (Wildman–Crippen MR) is 80.8 cm³/mol. The standard InChI is InChI=1S/C14H19N5O2/c1-5-15-11-6-8(2)16-12(17-11)7-19-14(21)10(4)9(3)13(20)18-19/h6H,5,7H2,1-4H3,(H,18,20)(H,15,16,17).